The zero-order chi connectivity index (χ0) is 12.3. The minimum absolute atomic E-state index is 0.118. The maximum atomic E-state index is 11.6. The van der Waals surface area contributed by atoms with Crippen LogP contribution in [-0.4, -0.2) is 53.5 Å². The van der Waals surface area contributed by atoms with Gasteiger partial charge >= 0.3 is 0 Å². The second-order valence-electron chi connectivity index (χ2n) is 5.15. The molecule has 2 N–H and O–H groups in total. The molecule has 0 bridgehead atoms. The van der Waals surface area contributed by atoms with Gasteiger partial charge in [0.25, 0.3) is 0 Å². The average molecular weight is 227 g/mol. The van der Waals surface area contributed by atoms with Gasteiger partial charge in [0.05, 0.1) is 6.04 Å². The molecule has 0 aromatic heterocycles. The predicted octanol–water partition coefficient (Wildman–Crippen LogP) is 0.665. The maximum Gasteiger partial charge on any atom is 0.239 e. The molecule has 94 valence electrons. The SMILES string of the molecule is CC(C)N(CCN1CCC(N)C1=O)C(C)C. The van der Waals surface area contributed by atoms with Crippen molar-refractivity contribution in [3.63, 3.8) is 0 Å². The number of carbonyl (C=O) groups is 1. The van der Waals surface area contributed by atoms with Crippen LogP contribution in [0.2, 0.25) is 0 Å². The summed E-state index contributed by atoms with van der Waals surface area (Å²) in [4.78, 5) is 15.9. The standard InChI is InChI=1S/C12H25N3O/c1-9(2)15(10(3)4)8-7-14-6-5-11(13)12(14)16/h9-11H,5-8,13H2,1-4H3. The van der Waals surface area contributed by atoms with E-state index in [2.05, 4.69) is 32.6 Å². The van der Waals surface area contributed by atoms with Gasteiger partial charge in [-0.25, -0.2) is 0 Å². The van der Waals surface area contributed by atoms with Gasteiger partial charge in [-0.1, -0.05) is 0 Å². The van der Waals surface area contributed by atoms with Crippen molar-refractivity contribution in [2.24, 2.45) is 5.73 Å². The van der Waals surface area contributed by atoms with Crippen LogP contribution in [-0.2, 0) is 4.79 Å². The monoisotopic (exact) mass is 227 g/mol. The largest absolute Gasteiger partial charge is 0.340 e. The Kier molecular flexibility index (Phi) is 4.74. The summed E-state index contributed by atoms with van der Waals surface area (Å²) in [5.41, 5.74) is 5.69. The second-order valence-corrected chi connectivity index (χ2v) is 5.15. The summed E-state index contributed by atoms with van der Waals surface area (Å²) < 4.78 is 0. The van der Waals surface area contributed by atoms with E-state index >= 15 is 0 Å². The van der Waals surface area contributed by atoms with Crippen molar-refractivity contribution in [3.05, 3.63) is 0 Å². The Labute approximate surface area is 98.8 Å². The minimum Gasteiger partial charge on any atom is -0.340 e. The van der Waals surface area contributed by atoms with E-state index in [1.165, 1.54) is 0 Å². The molecule has 1 aliphatic rings. The number of rotatable bonds is 5. The van der Waals surface area contributed by atoms with E-state index in [9.17, 15) is 4.79 Å². The van der Waals surface area contributed by atoms with Crippen LogP contribution < -0.4 is 5.73 Å². The molecule has 1 amide bonds. The van der Waals surface area contributed by atoms with Crippen molar-refractivity contribution in [1.82, 2.24) is 9.80 Å². The Morgan fingerprint density at radius 1 is 1.38 bits per heavy atom. The quantitative estimate of drug-likeness (QED) is 0.751. The molecule has 0 spiro atoms. The van der Waals surface area contributed by atoms with Crippen molar-refractivity contribution in [3.8, 4) is 0 Å². The first-order valence-corrected chi connectivity index (χ1v) is 6.23. The molecule has 0 aromatic rings. The first-order valence-electron chi connectivity index (χ1n) is 6.23. The van der Waals surface area contributed by atoms with Crippen LogP contribution in [0.25, 0.3) is 0 Å². The van der Waals surface area contributed by atoms with Crippen molar-refractivity contribution in [1.29, 1.82) is 0 Å². The van der Waals surface area contributed by atoms with Gasteiger partial charge in [-0.05, 0) is 34.1 Å². The van der Waals surface area contributed by atoms with Crippen LogP contribution in [0.15, 0.2) is 0 Å². The van der Waals surface area contributed by atoms with Crippen molar-refractivity contribution in [2.45, 2.75) is 52.2 Å². The van der Waals surface area contributed by atoms with Crippen LogP contribution >= 0.6 is 0 Å². The number of nitrogens with two attached hydrogens (primary N) is 1. The Balaban J connectivity index is 2.41. The summed E-state index contributed by atoms with van der Waals surface area (Å²) in [5, 5.41) is 0. The van der Waals surface area contributed by atoms with Crippen molar-refractivity contribution >= 4 is 5.91 Å². The fraction of sp³-hybridized carbons (Fsp3) is 0.917. The summed E-state index contributed by atoms with van der Waals surface area (Å²) in [7, 11) is 0. The zero-order valence-corrected chi connectivity index (χ0v) is 10.9. The molecular weight excluding hydrogens is 202 g/mol. The summed E-state index contributed by atoms with van der Waals surface area (Å²) >= 11 is 0. The maximum absolute atomic E-state index is 11.6. The Hall–Kier alpha value is -0.610. The van der Waals surface area contributed by atoms with Crippen LogP contribution in [0.5, 0.6) is 0 Å². The smallest absolute Gasteiger partial charge is 0.239 e. The topological polar surface area (TPSA) is 49.6 Å². The lowest BCUT2D eigenvalue weighted by Gasteiger charge is -2.32. The van der Waals surface area contributed by atoms with E-state index < -0.39 is 0 Å². The lowest BCUT2D eigenvalue weighted by Crippen LogP contribution is -2.44. The lowest BCUT2D eigenvalue weighted by molar-refractivity contribution is -0.129. The molecule has 16 heavy (non-hydrogen) atoms. The molecule has 1 heterocycles. The Morgan fingerprint density at radius 3 is 2.31 bits per heavy atom. The van der Waals surface area contributed by atoms with E-state index in [1.54, 1.807) is 0 Å². The number of likely N-dealkylation sites (tertiary alicyclic amines) is 1. The molecule has 1 fully saturated rings. The number of hydrogen-bond donors (Lipinski definition) is 1. The van der Waals surface area contributed by atoms with E-state index in [1.807, 2.05) is 4.90 Å². The third-order valence-electron chi connectivity index (χ3n) is 3.29. The molecule has 0 radical (unpaired) electrons. The van der Waals surface area contributed by atoms with Crippen molar-refractivity contribution < 1.29 is 4.79 Å². The lowest BCUT2D eigenvalue weighted by atomic mass is 10.2. The molecule has 0 aromatic carbocycles. The highest BCUT2D eigenvalue weighted by atomic mass is 16.2. The van der Waals surface area contributed by atoms with Gasteiger partial charge in [0.15, 0.2) is 0 Å². The highest BCUT2D eigenvalue weighted by Crippen LogP contribution is 2.10. The normalized spacial score (nSPS) is 21.9. The molecule has 1 aliphatic heterocycles. The first kappa shape index (κ1) is 13.5. The molecule has 1 unspecified atom stereocenters. The van der Waals surface area contributed by atoms with E-state index in [0.29, 0.717) is 12.1 Å². The Morgan fingerprint density at radius 2 is 1.94 bits per heavy atom. The van der Waals surface area contributed by atoms with E-state index in [0.717, 1.165) is 26.1 Å². The number of hydrogen-bond acceptors (Lipinski definition) is 3. The molecule has 1 rings (SSSR count). The minimum atomic E-state index is -0.258. The summed E-state index contributed by atoms with van der Waals surface area (Å²) in [6, 6.07) is 0.782. The molecule has 1 atom stereocenters. The Bertz CT molecular complexity index is 232. The van der Waals surface area contributed by atoms with Crippen molar-refractivity contribution in [2.75, 3.05) is 19.6 Å². The summed E-state index contributed by atoms with van der Waals surface area (Å²) in [5.74, 6) is 0.118. The number of nitrogens with zero attached hydrogens (tertiary/aromatic N) is 2. The molecule has 1 saturated heterocycles. The van der Waals surface area contributed by atoms with Gasteiger partial charge in [-0.2, -0.15) is 0 Å². The molecule has 4 heteroatoms. The van der Waals surface area contributed by atoms with Gasteiger partial charge in [0.1, 0.15) is 0 Å². The third-order valence-corrected chi connectivity index (χ3v) is 3.29. The average Bonchev–Trinajstić information content (AvgIpc) is 2.48. The van der Waals surface area contributed by atoms with Gasteiger partial charge in [0.2, 0.25) is 5.91 Å². The second kappa shape index (κ2) is 5.64. The number of amides is 1. The van der Waals surface area contributed by atoms with Crippen LogP contribution in [0.3, 0.4) is 0 Å². The van der Waals surface area contributed by atoms with Crippen LogP contribution in [0.4, 0.5) is 0 Å². The third kappa shape index (κ3) is 3.19. The number of carbonyl (C=O) groups excluding carboxylic acids is 1. The highest BCUT2D eigenvalue weighted by Gasteiger charge is 2.28. The molecule has 4 nitrogen and oxygen atoms in total. The van der Waals surface area contributed by atoms with Gasteiger partial charge in [-0.3, -0.25) is 9.69 Å². The zero-order valence-electron chi connectivity index (χ0n) is 10.9. The van der Waals surface area contributed by atoms with Gasteiger partial charge in [0, 0.05) is 31.7 Å². The van der Waals surface area contributed by atoms with Crippen LogP contribution in [0.1, 0.15) is 34.1 Å². The van der Waals surface area contributed by atoms with E-state index in [4.69, 9.17) is 5.73 Å². The molecule has 0 saturated carbocycles. The predicted molar refractivity (Wildman–Crippen MR) is 66.2 cm³/mol. The van der Waals surface area contributed by atoms with Gasteiger partial charge < -0.3 is 10.6 Å². The molecular formula is C12H25N3O. The highest BCUT2D eigenvalue weighted by molar-refractivity contribution is 5.83. The van der Waals surface area contributed by atoms with Gasteiger partial charge in [-0.15, -0.1) is 0 Å². The van der Waals surface area contributed by atoms with E-state index in [-0.39, 0.29) is 11.9 Å². The fourth-order valence-corrected chi connectivity index (χ4v) is 2.33. The molecule has 0 aliphatic carbocycles. The van der Waals surface area contributed by atoms with Crippen LogP contribution in [0, 0.1) is 0 Å². The summed E-state index contributed by atoms with van der Waals surface area (Å²) in [6.07, 6.45) is 0.808. The fourth-order valence-electron chi connectivity index (χ4n) is 2.33. The first-order chi connectivity index (χ1) is 7.43. The summed E-state index contributed by atoms with van der Waals surface area (Å²) in [6.45, 7) is 11.3.